The van der Waals surface area contributed by atoms with E-state index in [2.05, 4.69) is 98.0 Å². The number of ether oxygens (including phenoxy) is 2. The summed E-state index contributed by atoms with van der Waals surface area (Å²) in [6, 6.07) is 27.6. The van der Waals surface area contributed by atoms with Gasteiger partial charge in [-0.05, 0) is 99.0 Å². The molecule has 4 aromatic carbocycles. The van der Waals surface area contributed by atoms with Crippen molar-refractivity contribution in [3.63, 3.8) is 0 Å². The molecule has 6 heterocycles. The fourth-order valence-corrected chi connectivity index (χ4v) is 8.01. The maximum atomic E-state index is 15.0. The molecule has 0 atom stereocenters. The number of aromatic nitrogens is 6. The average molecular weight is 975 g/mol. The first-order chi connectivity index (χ1) is 35.0. The zero-order chi connectivity index (χ0) is 50.1. The highest BCUT2D eigenvalue weighted by Crippen LogP contribution is 2.33. The van der Waals surface area contributed by atoms with Crippen LogP contribution in [0.5, 0.6) is 23.3 Å². The van der Waals surface area contributed by atoms with Gasteiger partial charge in [0.2, 0.25) is 35.5 Å². The molecule has 2 aliphatic heterocycles. The Balaban J connectivity index is 0.000000178. The molecule has 2 amide bonds. The number of hydrogen-bond donors (Lipinski definition) is 6. The number of anilines is 8. The summed E-state index contributed by atoms with van der Waals surface area (Å²) in [5.41, 5.74) is 4.47. The molecule has 0 bridgehead atoms. The first-order valence-electron chi connectivity index (χ1n) is 23.1. The largest absolute Gasteiger partial charge is 0.438 e. The van der Waals surface area contributed by atoms with E-state index in [4.69, 9.17) is 9.47 Å². The van der Waals surface area contributed by atoms with Gasteiger partial charge in [-0.2, -0.15) is 19.9 Å². The number of likely N-dealkylation sites (N-methyl/N-ethyl adjacent to an activating group) is 2. The molecule has 368 valence electrons. The van der Waals surface area contributed by atoms with Gasteiger partial charge in [-0.1, -0.05) is 25.3 Å². The normalized spacial score (nSPS) is 14.0. The number of nitrogens with one attached hydrogen (secondary N) is 6. The van der Waals surface area contributed by atoms with E-state index in [1.165, 1.54) is 24.3 Å². The highest BCUT2D eigenvalue weighted by Gasteiger charge is 2.21. The van der Waals surface area contributed by atoms with E-state index < -0.39 is 0 Å². The molecule has 2 saturated heterocycles. The molecule has 2 aliphatic rings. The van der Waals surface area contributed by atoms with Crippen LogP contribution < -0.4 is 40.5 Å². The third-order valence-corrected chi connectivity index (χ3v) is 11.9. The zero-order valence-corrected chi connectivity index (χ0v) is 39.6. The molecule has 20 heteroatoms. The minimum Gasteiger partial charge on any atom is -0.438 e. The van der Waals surface area contributed by atoms with Crippen LogP contribution in [0.3, 0.4) is 0 Å². The summed E-state index contributed by atoms with van der Waals surface area (Å²) in [5, 5.41) is 12.9. The predicted molar refractivity (Wildman–Crippen MR) is 277 cm³/mol. The number of amides is 2. The first kappa shape index (κ1) is 48.2. The number of H-pyrrole nitrogens is 2. The van der Waals surface area contributed by atoms with Crippen molar-refractivity contribution >= 4 is 79.9 Å². The van der Waals surface area contributed by atoms with Gasteiger partial charge in [0.1, 0.15) is 34.4 Å². The van der Waals surface area contributed by atoms with Crippen molar-refractivity contribution in [3.8, 4) is 23.3 Å². The Morgan fingerprint density at radius 1 is 0.556 bits per heavy atom. The van der Waals surface area contributed by atoms with Gasteiger partial charge >= 0.3 is 0 Å². The topological polar surface area (TPSA) is 197 Å². The lowest BCUT2D eigenvalue weighted by atomic mass is 10.2. The highest BCUT2D eigenvalue weighted by molar-refractivity contribution is 5.99. The Morgan fingerprint density at radius 2 is 0.972 bits per heavy atom. The molecule has 6 N–H and O–H groups in total. The number of benzene rings is 4. The number of halogens is 2. The van der Waals surface area contributed by atoms with Gasteiger partial charge in [0.15, 0.2) is 0 Å². The summed E-state index contributed by atoms with van der Waals surface area (Å²) >= 11 is 0. The number of hydrogen-bond acceptors (Lipinski definition) is 14. The molecule has 10 rings (SSSR count). The summed E-state index contributed by atoms with van der Waals surface area (Å²) in [6.07, 6.45) is 5.86. The van der Waals surface area contributed by atoms with Crippen molar-refractivity contribution in [1.29, 1.82) is 0 Å². The van der Waals surface area contributed by atoms with Gasteiger partial charge in [-0.3, -0.25) is 9.59 Å². The standard InChI is InChI=1S/2C26H26FN7O2/c2*1-3-23(35)29-17-5-4-6-19(15-17)36-25-20-9-10-28-24(20)31-26(32-25)30-18-7-8-22(21(27)16-18)34-13-11-33(2)12-14-34/h2*3-10,15-16H,1,11-14H2,2H3,(H,29,35)(H2,28,30,31,32). The second-order valence-electron chi connectivity index (χ2n) is 17.0. The number of rotatable bonds is 14. The van der Waals surface area contributed by atoms with Crippen LogP contribution >= 0.6 is 0 Å². The van der Waals surface area contributed by atoms with Crippen LogP contribution in [0.1, 0.15) is 0 Å². The second kappa shape index (κ2) is 21.8. The zero-order valence-electron chi connectivity index (χ0n) is 39.6. The van der Waals surface area contributed by atoms with E-state index in [1.807, 2.05) is 24.3 Å². The smallest absolute Gasteiger partial charge is 0.247 e. The van der Waals surface area contributed by atoms with Gasteiger partial charge in [0, 0.05) is 99.6 Å². The molecule has 0 saturated carbocycles. The third-order valence-electron chi connectivity index (χ3n) is 11.9. The molecule has 0 aliphatic carbocycles. The number of carbonyl (C=O) groups is 2. The molecule has 4 aromatic heterocycles. The van der Waals surface area contributed by atoms with Crippen molar-refractivity contribution in [3.05, 3.63) is 146 Å². The predicted octanol–water partition coefficient (Wildman–Crippen LogP) is 9.02. The molecule has 0 radical (unpaired) electrons. The summed E-state index contributed by atoms with van der Waals surface area (Å²) in [6.45, 7) is 13.6. The molecule has 2 fully saturated rings. The average Bonchev–Trinajstić information content (AvgIpc) is 4.06. The summed E-state index contributed by atoms with van der Waals surface area (Å²) in [5.74, 6) is 0.833. The molecule has 72 heavy (non-hydrogen) atoms. The first-order valence-corrected chi connectivity index (χ1v) is 23.1. The monoisotopic (exact) mass is 974 g/mol. The quantitative estimate of drug-likeness (QED) is 0.0565. The lowest BCUT2D eigenvalue weighted by Crippen LogP contribution is -2.44. The van der Waals surface area contributed by atoms with Gasteiger partial charge < -0.3 is 60.3 Å². The van der Waals surface area contributed by atoms with Crippen LogP contribution in [-0.4, -0.2) is 118 Å². The molecule has 0 unspecified atom stereocenters. The van der Waals surface area contributed by atoms with Crippen LogP contribution in [0.4, 0.5) is 54.8 Å². The van der Waals surface area contributed by atoms with Gasteiger partial charge in [-0.25, -0.2) is 8.78 Å². The molecular weight excluding hydrogens is 923 g/mol. The number of piperazine rings is 2. The number of nitrogens with zero attached hydrogens (tertiary/aromatic N) is 8. The Kier molecular flexibility index (Phi) is 14.6. The highest BCUT2D eigenvalue weighted by atomic mass is 19.1. The molecule has 18 nitrogen and oxygen atoms in total. The van der Waals surface area contributed by atoms with Crippen LogP contribution in [-0.2, 0) is 9.59 Å². The summed E-state index contributed by atoms with van der Waals surface area (Å²) < 4.78 is 42.0. The summed E-state index contributed by atoms with van der Waals surface area (Å²) in [7, 11) is 4.13. The van der Waals surface area contributed by atoms with Gasteiger partial charge in [-0.15, -0.1) is 0 Å². The minimum atomic E-state index is -0.320. The van der Waals surface area contributed by atoms with E-state index >= 15 is 0 Å². The lowest BCUT2D eigenvalue weighted by Gasteiger charge is -2.34. The number of aromatic amines is 2. The van der Waals surface area contributed by atoms with Crippen molar-refractivity contribution in [1.82, 2.24) is 39.7 Å². The van der Waals surface area contributed by atoms with Crippen LogP contribution in [0.25, 0.3) is 22.1 Å². The molecule has 0 spiro atoms. The van der Waals surface area contributed by atoms with Crippen LogP contribution in [0.2, 0.25) is 0 Å². The maximum Gasteiger partial charge on any atom is 0.247 e. The van der Waals surface area contributed by atoms with E-state index in [1.54, 1.807) is 73.1 Å². The number of carbonyl (C=O) groups excluding carboxylic acids is 2. The molecular formula is C52H52F2N14O4. The Morgan fingerprint density at radius 3 is 1.36 bits per heavy atom. The molecule has 8 aromatic rings. The van der Waals surface area contributed by atoms with E-state index in [0.717, 1.165) is 52.4 Å². The van der Waals surface area contributed by atoms with Crippen LogP contribution in [0, 0.1) is 11.6 Å². The fourth-order valence-electron chi connectivity index (χ4n) is 8.01. The fraction of sp³-hybridized carbons (Fsp3) is 0.192. The van der Waals surface area contributed by atoms with E-state index in [-0.39, 0.29) is 35.3 Å². The SMILES string of the molecule is C=CC(=O)Nc1cccc(Oc2nc(Nc3ccc(N4CCN(C)CC4)c(F)c3)nc3[nH]ccc23)c1.C=CC(=O)Nc1cccc(Oc2nc(Nc3ccc(N4CCN(C)CC4)c(F)c3)nc3[nH]ccc23)c1. The van der Waals surface area contributed by atoms with Crippen molar-refractivity contribution in [2.24, 2.45) is 0 Å². The van der Waals surface area contributed by atoms with E-state index in [0.29, 0.717) is 79.5 Å². The van der Waals surface area contributed by atoms with Gasteiger partial charge in [0.25, 0.3) is 0 Å². The maximum absolute atomic E-state index is 15.0. The van der Waals surface area contributed by atoms with Gasteiger partial charge in [0.05, 0.1) is 22.1 Å². The second-order valence-corrected chi connectivity index (χ2v) is 17.0. The van der Waals surface area contributed by atoms with E-state index in [9.17, 15) is 18.4 Å². The van der Waals surface area contributed by atoms with Crippen molar-refractivity contribution < 1.29 is 27.8 Å². The van der Waals surface area contributed by atoms with Crippen molar-refractivity contribution in [2.45, 2.75) is 0 Å². The lowest BCUT2D eigenvalue weighted by molar-refractivity contribution is -0.112. The Bertz CT molecular complexity index is 3040. The number of fused-ring (bicyclic) bond motifs is 2. The minimum absolute atomic E-state index is 0.253. The summed E-state index contributed by atoms with van der Waals surface area (Å²) in [4.78, 5) is 55.9. The van der Waals surface area contributed by atoms with Crippen LogP contribution in [0.15, 0.2) is 135 Å². The third kappa shape index (κ3) is 11.7. The Hall–Kier alpha value is -8.88. The van der Waals surface area contributed by atoms with Crippen molar-refractivity contribution in [2.75, 3.05) is 97.5 Å². The Labute approximate surface area is 413 Å².